The van der Waals surface area contributed by atoms with Crippen LogP contribution in [0.25, 0.3) is 11.1 Å². The Balaban J connectivity index is 0.917. The summed E-state index contributed by atoms with van der Waals surface area (Å²) in [4.78, 5) is 40.6. The van der Waals surface area contributed by atoms with E-state index in [9.17, 15) is 14.4 Å². The molecule has 1 fully saturated rings. The Labute approximate surface area is 263 Å². The fourth-order valence-corrected chi connectivity index (χ4v) is 7.88. The SMILES string of the molecule is N[C@@H](CCCCNC(=O)OCC1c2ccccc2-c2ccccc21)C(=O)N1CSCC1C(=O)N[C@H]1CCCc2ccccc21. The summed E-state index contributed by atoms with van der Waals surface area (Å²) in [6, 6.07) is 23.5. The Morgan fingerprint density at radius 1 is 0.932 bits per heavy atom. The maximum absolute atomic E-state index is 13.3. The third-order valence-electron chi connectivity index (χ3n) is 9.03. The highest BCUT2D eigenvalue weighted by atomic mass is 32.2. The lowest BCUT2D eigenvalue weighted by atomic mass is 9.87. The van der Waals surface area contributed by atoms with Crippen LogP contribution in [0.3, 0.4) is 0 Å². The molecule has 1 saturated heterocycles. The molecule has 0 radical (unpaired) electrons. The maximum atomic E-state index is 13.3. The Morgan fingerprint density at radius 3 is 2.36 bits per heavy atom. The molecule has 0 bridgehead atoms. The minimum absolute atomic E-state index is 0.0188. The van der Waals surface area contributed by atoms with Crippen LogP contribution in [0, 0.1) is 0 Å². The number of nitrogens with zero attached hydrogens (tertiary/aromatic N) is 1. The molecule has 0 spiro atoms. The molecule has 3 amide bonds. The summed E-state index contributed by atoms with van der Waals surface area (Å²) in [6.07, 6.45) is 4.35. The maximum Gasteiger partial charge on any atom is 0.407 e. The topological polar surface area (TPSA) is 114 Å². The average molecular weight is 613 g/mol. The Morgan fingerprint density at radius 2 is 1.61 bits per heavy atom. The largest absolute Gasteiger partial charge is 0.449 e. The fourth-order valence-electron chi connectivity index (χ4n) is 6.71. The molecule has 4 N–H and O–H groups in total. The van der Waals surface area contributed by atoms with Gasteiger partial charge in [0.05, 0.1) is 18.0 Å². The van der Waals surface area contributed by atoms with Crippen molar-refractivity contribution in [2.75, 3.05) is 24.8 Å². The number of nitrogens with two attached hydrogens (primary N) is 1. The van der Waals surface area contributed by atoms with Crippen molar-refractivity contribution in [1.82, 2.24) is 15.5 Å². The summed E-state index contributed by atoms with van der Waals surface area (Å²) < 4.78 is 5.61. The van der Waals surface area contributed by atoms with E-state index in [0.717, 1.165) is 19.3 Å². The average Bonchev–Trinajstić information content (AvgIpc) is 3.67. The highest BCUT2D eigenvalue weighted by Gasteiger charge is 2.37. The fraction of sp³-hybridized carbons (Fsp3) is 0.400. The van der Waals surface area contributed by atoms with E-state index in [2.05, 4.69) is 47.0 Å². The first kappa shape index (κ1) is 30.2. The predicted molar refractivity (Wildman–Crippen MR) is 173 cm³/mol. The van der Waals surface area contributed by atoms with E-state index < -0.39 is 18.2 Å². The number of amides is 3. The number of hydrogen-bond donors (Lipinski definition) is 3. The Kier molecular flexibility index (Phi) is 9.52. The first-order valence-corrected chi connectivity index (χ1v) is 16.8. The number of rotatable bonds is 10. The van der Waals surface area contributed by atoms with E-state index >= 15 is 0 Å². The monoisotopic (exact) mass is 612 g/mol. The molecule has 1 unspecified atom stereocenters. The van der Waals surface area contributed by atoms with Crippen LogP contribution in [0.4, 0.5) is 4.79 Å². The highest BCUT2D eigenvalue weighted by Crippen LogP contribution is 2.44. The lowest BCUT2D eigenvalue weighted by Crippen LogP contribution is -2.52. The van der Waals surface area contributed by atoms with Crippen LogP contribution in [0.1, 0.15) is 66.3 Å². The van der Waals surface area contributed by atoms with Crippen LogP contribution >= 0.6 is 11.8 Å². The van der Waals surface area contributed by atoms with E-state index in [1.807, 2.05) is 36.4 Å². The van der Waals surface area contributed by atoms with Crippen LogP contribution in [-0.2, 0) is 20.7 Å². The first-order chi connectivity index (χ1) is 21.5. The summed E-state index contributed by atoms with van der Waals surface area (Å²) in [6.45, 7) is 0.708. The van der Waals surface area contributed by atoms with Gasteiger partial charge in [-0.3, -0.25) is 9.59 Å². The molecule has 44 heavy (non-hydrogen) atoms. The Bertz CT molecular complexity index is 1470. The molecule has 3 atom stereocenters. The molecular weight excluding hydrogens is 572 g/mol. The number of benzene rings is 3. The van der Waals surface area contributed by atoms with Gasteiger partial charge in [-0.2, -0.15) is 0 Å². The number of alkyl carbamates (subject to hydrolysis) is 1. The van der Waals surface area contributed by atoms with Crippen molar-refractivity contribution in [3.63, 3.8) is 0 Å². The third kappa shape index (κ3) is 6.49. The summed E-state index contributed by atoms with van der Waals surface area (Å²) in [7, 11) is 0. The van der Waals surface area contributed by atoms with Crippen molar-refractivity contribution >= 4 is 29.7 Å². The van der Waals surface area contributed by atoms with Crippen molar-refractivity contribution in [2.24, 2.45) is 5.73 Å². The van der Waals surface area contributed by atoms with Crippen LogP contribution in [0.5, 0.6) is 0 Å². The molecule has 8 nitrogen and oxygen atoms in total. The van der Waals surface area contributed by atoms with Crippen molar-refractivity contribution < 1.29 is 19.1 Å². The standard InChI is InChI=1S/C35H40N4O4S/c36-30(34(41)39-22-44-21-32(39)33(40)38-31-18-9-11-23-10-1-2-12-24(23)31)17-7-8-19-37-35(42)43-20-29-27-15-5-3-13-25(27)26-14-4-6-16-28(26)29/h1-6,10,12-16,29-32H,7-9,11,17-22,36H2,(H,37,42)(H,38,40)/t30-,31-,32?/m0/s1. The van der Waals surface area contributed by atoms with Gasteiger partial charge >= 0.3 is 6.09 Å². The van der Waals surface area contributed by atoms with E-state index in [0.29, 0.717) is 37.4 Å². The number of ether oxygens (including phenoxy) is 1. The van der Waals surface area contributed by atoms with Crippen LogP contribution in [-0.4, -0.2) is 59.7 Å². The van der Waals surface area contributed by atoms with Gasteiger partial charge in [0.25, 0.3) is 0 Å². The molecule has 3 aliphatic rings. The van der Waals surface area contributed by atoms with Gasteiger partial charge in [0.2, 0.25) is 11.8 Å². The van der Waals surface area contributed by atoms with Crippen LogP contribution < -0.4 is 16.4 Å². The lowest BCUT2D eigenvalue weighted by Gasteiger charge is -2.30. The van der Waals surface area contributed by atoms with Gasteiger partial charge < -0.3 is 26.0 Å². The number of fused-ring (bicyclic) bond motifs is 4. The molecular formula is C35H40N4O4S. The predicted octanol–water partition coefficient (Wildman–Crippen LogP) is 5.12. The molecule has 1 aliphatic heterocycles. The molecule has 1 heterocycles. The number of aryl methyl sites for hydroxylation is 1. The van der Waals surface area contributed by atoms with E-state index in [1.165, 1.54) is 33.4 Å². The number of unbranched alkanes of at least 4 members (excludes halogenated alkanes) is 1. The summed E-state index contributed by atoms with van der Waals surface area (Å²) >= 11 is 1.58. The van der Waals surface area contributed by atoms with Gasteiger partial charge in [-0.1, -0.05) is 72.8 Å². The smallest absolute Gasteiger partial charge is 0.407 e. The van der Waals surface area contributed by atoms with Crippen LogP contribution in [0.2, 0.25) is 0 Å². The van der Waals surface area contributed by atoms with Crippen molar-refractivity contribution in [3.8, 4) is 11.1 Å². The molecule has 0 saturated carbocycles. The zero-order valence-electron chi connectivity index (χ0n) is 24.9. The quantitative estimate of drug-likeness (QED) is 0.274. The van der Waals surface area contributed by atoms with E-state index in [1.54, 1.807) is 16.7 Å². The van der Waals surface area contributed by atoms with E-state index in [4.69, 9.17) is 10.5 Å². The number of nitrogens with one attached hydrogen (secondary N) is 2. The second-order valence-corrected chi connectivity index (χ2v) is 12.8. The number of thioether (sulfide) groups is 1. The van der Waals surface area contributed by atoms with Gasteiger partial charge in [0, 0.05) is 18.2 Å². The van der Waals surface area contributed by atoms with E-state index in [-0.39, 0.29) is 30.4 Å². The number of hydrogen-bond acceptors (Lipinski definition) is 6. The summed E-state index contributed by atoms with van der Waals surface area (Å²) in [5.74, 6) is 0.760. The molecule has 230 valence electrons. The van der Waals surface area contributed by atoms with Gasteiger partial charge in [0.1, 0.15) is 12.6 Å². The van der Waals surface area contributed by atoms with Gasteiger partial charge in [0.15, 0.2) is 0 Å². The van der Waals surface area contributed by atoms with Crippen LogP contribution in [0.15, 0.2) is 72.8 Å². The molecule has 2 aliphatic carbocycles. The normalized spacial score (nSPS) is 19.4. The number of carbonyl (C=O) groups excluding carboxylic acids is 3. The lowest BCUT2D eigenvalue weighted by molar-refractivity contribution is -0.139. The molecule has 3 aromatic carbocycles. The molecule has 3 aromatic rings. The van der Waals surface area contributed by atoms with Gasteiger partial charge in [-0.05, 0) is 71.9 Å². The van der Waals surface area contributed by atoms with Crippen molar-refractivity contribution in [3.05, 3.63) is 95.1 Å². The molecule has 9 heteroatoms. The van der Waals surface area contributed by atoms with Crippen molar-refractivity contribution in [2.45, 2.75) is 62.6 Å². The molecule has 0 aromatic heterocycles. The number of carbonyl (C=O) groups is 3. The minimum Gasteiger partial charge on any atom is -0.449 e. The second kappa shape index (κ2) is 13.9. The van der Waals surface area contributed by atoms with Crippen molar-refractivity contribution in [1.29, 1.82) is 0 Å². The second-order valence-electron chi connectivity index (χ2n) is 11.8. The first-order valence-electron chi connectivity index (χ1n) is 15.6. The summed E-state index contributed by atoms with van der Waals surface area (Å²) in [5, 5.41) is 6.04. The zero-order valence-corrected chi connectivity index (χ0v) is 25.7. The van der Waals surface area contributed by atoms with Gasteiger partial charge in [-0.15, -0.1) is 11.8 Å². The zero-order chi connectivity index (χ0) is 30.5. The highest BCUT2D eigenvalue weighted by molar-refractivity contribution is 7.99. The minimum atomic E-state index is -0.686. The molecule has 6 rings (SSSR count). The third-order valence-corrected chi connectivity index (χ3v) is 10.0. The Hall–Kier alpha value is -3.82. The van der Waals surface area contributed by atoms with Gasteiger partial charge in [-0.25, -0.2) is 4.79 Å². The summed E-state index contributed by atoms with van der Waals surface area (Å²) in [5.41, 5.74) is 13.5.